The first-order valence-corrected chi connectivity index (χ1v) is 9.58. The zero-order chi connectivity index (χ0) is 21.7. The Morgan fingerprint density at radius 1 is 1.00 bits per heavy atom. The molecule has 1 heterocycles. The van der Waals surface area contributed by atoms with E-state index in [1.54, 1.807) is 32.1 Å². The summed E-state index contributed by atoms with van der Waals surface area (Å²) in [5.41, 5.74) is 3.04. The fraction of sp³-hybridized carbons (Fsp3) is 0.250. The standard InChI is InChI=1S/C24H25NO5/c1-16-22(24(27)30-4)21(15-18-6-5-7-20(14-18)29-3)23(26)25(16)13-12-17-8-10-19(28-2)11-9-17/h5-11,14-15H,12-13H2,1-4H3/b21-15-. The third-order valence-corrected chi connectivity index (χ3v) is 5.09. The van der Waals surface area contributed by atoms with Gasteiger partial charge in [-0.05, 0) is 54.8 Å². The molecule has 0 saturated carbocycles. The second-order valence-corrected chi connectivity index (χ2v) is 6.84. The molecule has 0 aliphatic carbocycles. The van der Waals surface area contributed by atoms with Crippen LogP contribution >= 0.6 is 0 Å². The number of hydrogen-bond donors (Lipinski definition) is 0. The van der Waals surface area contributed by atoms with Crippen molar-refractivity contribution in [1.82, 2.24) is 4.90 Å². The van der Waals surface area contributed by atoms with Crippen LogP contribution in [0.1, 0.15) is 18.1 Å². The SMILES string of the molecule is COC(=O)C1=C(C)N(CCc2ccc(OC)cc2)C(=O)/C1=C\c1cccc(OC)c1. The number of carbonyl (C=O) groups is 2. The summed E-state index contributed by atoms with van der Waals surface area (Å²) in [5, 5.41) is 0. The largest absolute Gasteiger partial charge is 0.497 e. The molecule has 0 N–H and O–H groups in total. The van der Waals surface area contributed by atoms with Crippen LogP contribution < -0.4 is 9.47 Å². The van der Waals surface area contributed by atoms with Crippen molar-refractivity contribution in [2.24, 2.45) is 0 Å². The summed E-state index contributed by atoms with van der Waals surface area (Å²) in [4.78, 5) is 27.3. The Labute approximate surface area is 176 Å². The topological polar surface area (TPSA) is 65.1 Å². The van der Waals surface area contributed by atoms with Crippen molar-refractivity contribution in [3.8, 4) is 11.5 Å². The second kappa shape index (κ2) is 9.31. The van der Waals surface area contributed by atoms with Gasteiger partial charge in [-0.3, -0.25) is 4.79 Å². The molecular formula is C24H25NO5. The first-order valence-electron chi connectivity index (χ1n) is 9.58. The number of rotatable bonds is 7. The van der Waals surface area contributed by atoms with E-state index in [-0.39, 0.29) is 5.91 Å². The van der Waals surface area contributed by atoms with Gasteiger partial charge < -0.3 is 19.1 Å². The van der Waals surface area contributed by atoms with Crippen LogP contribution in [0.4, 0.5) is 0 Å². The predicted octanol–water partition coefficient (Wildman–Crippen LogP) is 3.62. The minimum Gasteiger partial charge on any atom is -0.497 e. The second-order valence-electron chi connectivity index (χ2n) is 6.84. The van der Waals surface area contributed by atoms with Crippen molar-refractivity contribution in [2.45, 2.75) is 13.3 Å². The number of benzene rings is 2. The van der Waals surface area contributed by atoms with Gasteiger partial charge in [0.15, 0.2) is 0 Å². The minimum absolute atomic E-state index is 0.218. The number of ether oxygens (including phenoxy) is 3. The first-order chi connectivity index (χ1) is 14.5. The van der Waals surface area contributed by atoms with E-state index < -0.39 is 5.97 Å². The smallest absolute Gasteiger partial charge is 0.340 e. The highest BCUT2D eigenvalue weighted by molar-refractivity contribution is 6.16. The number of esters is 1. The van der Waals surface area contributed by atoms with Crippen LogP contribution in [0.25, 0.3) is 6.08 Å². The van der Waals surface area contributed by atoms with Crippen LogP contribution in [-0.2, 0) is 20.7 Å². The first kappa shape index (κ1) is 21.2. The van der Waals surface area contributed by atoms with Crippen molar-refractivity contribution in [2.75, 3.05) is 27.9 Å². The Morgan fingerprint density at radius 3 is 2.33 bits per heavy atom. The molecule has 6 heteroatoms. The summed E-state index contributed by atoms with van der Waals surface area (Å²) in [7, 11) is 4.52. The third kappa shape index (κ3) is 4.38. The van der Waals surface area contributed by atoms with E-state index in [9.17, 15) is 9.59 Å². The Bertz CT molecular complexity index is 1000. The number of methoxy groups -OCH3 is 3. The summed E-state index contributed by atoms with van der Waals surface area (Å²) in [6, 6.07) is 15.0. The Morgan fingerprint density at radius 2 is 1.70 bits per heavy atom. The van der Waals surface area contributed by atoms with Crippen molar-refractivity contribution in [1.29, 1.82) is 0 Å². The van der Waals surface area contributed by atoms with Gasteiger partial charge in [0.25, 0.3) is 5.91 Å². The van der Waals surface area contributed by atoms with Crippen LogP contribution in [0.2, 0.25) is 0 Å². The molecule has 0 saturated heterocycles. The number of hydrogen-bond acceptors (Lipinski definition) is 5. The van der Waals surface area contributed by atoms with Crippen LogP contribution in [0.5, 0.6) is 11.5 Å². The summed E-state index contributed by atoms with van der Waals surface area (Å²) in [6.45, 7) is 2.22. The molecule has 30 heavy (non-hydrogen) atoms. The van der Waals surface area contributed by atoms with E-state index in [0.717, 1.165) is 16.9 Å². The molecule has 1 aliphatic rings. The fourth-order valence-corrected chi connectivity index (χ4v) is 3.43. The molecule has 0 aromatic heterocycles. The maximum Gasteiger partial charge on any atom is 0.340 e. The van der Waals surface area contributed by atoms with Crippen molar-refractivity contribution in [3.05, 3.63) is 76.5 Å². The van der Waals surface area contributed by atoms with Gasteiger partial charge in [0, 0.05) is 12.2 Å². The summed E-state index contributed by atoms with van der Waals surface area (Å²) < 4.78 is 15.4. The lowest BCUT2D eigenvalue weighted by atomic mass is 10.0. The molecule has 2 aromatic rings. The van der Waals surface area contributed by atoms with Crippen molar-refractivity contribution in [3.63, 3.8) is 0 Å². The number of nitrogens with zero attached hydrogens (tertiary/aromatic N) is 1. The highest BCUT2D eigenvalue weighted by Gasteiger charge is 2.36. The third-order valence-electron chi connectivity index (χ3n) is 5.09. The van der Waals surface area contributed by atoms with Gasteiger partial charge in [-0.25, -0.2) is 4.79 Å². The lowest BCUT2D eigenvalue weighted by Gasteiger charge is -2.18. The maximum absolute atomic E-state index is 13.2. The zero-order valence-corrected chi connectivity index (χ0v) is 17.6. The van der Waals surface area contributed by atoms with Gasteiger partial charge in [0.2, 0.25) is 0 Å². The summed E-state index contributed by atoms with van der Waals surface area (Å²) in [5.74, 6) is 0.709. The van der Waals surface area contributed by atoms with Crippen LogP contribution in [0.15, 0.2) is 65.4 Å². The highest BCUT2D eigenvalue weighted by Crippen LogP contribution is 2.32. The molecule has 156 valence electrons. The summed E-state index contributed by atoms with van der Waals surface area (Å²) in [6.07, 6.45) is 2.35. The molecule has 0 bridgehead atoms. The van der Waals surface area contributed by atoms with E-state index in [2.05, 4.69) is 0 Å². The number of amides is 1. The highest BCUT2D eigenvalue weighted by atomic mass is 16.5. The van der Waals surface area contributed by atoms with E-state index in [1.165, 1.54) is 7.11 Å². The van der Waals surface area contributed by atoms with E-state index in [1.807, 2.05) is 48.5 Å². The molecule has 0 fully saturated rings. The Balaban J connectivity index is 1.89. The molecule has 0 spiro atoms. The maximum atomic E-state index is 13.2. The lowest BCUT2D eigenvalue weighted by molar-refractivity contribution is -0.136. The Hall–Kier alpha value is -3.54. The number of allylic oxidation sites excluding steroid dienone is 1. The Kier molecular flexibility index (Phi) is 6.57. The molecule has 0 unspecified atom stereocenters. The van der Waals surface area contributed by atoms with Crippen LogP contribution in [0, 0.1) is 0 Å². The van der Waals surface area contributed by atoms with Crippen molar-refractivity contribution < 1.29 is 23.8 Å². The molecule has 0 radical (unpaired) electrons. The monoisotopic (exact) mass is 407 g/mol. The van der Waals surface area contributed by atoms with Gasteiger partial charge in [-0.1, -0.05) is 24.3 Å². The average molecular weight is 407 g/mol. The van der Waals surface area contributed by atoms with Gasteiger partial charge in [0.05, 0.1) is 32.5 Å². The quantitative estimate of drug-likeness (QED) is 0.518. The molecule has 6 nitrogen and oxygen atoms in total. The number of carbonyl (C=O) groups excluding carboxylic acids is 2. The summed E-state index contributed by atoms with van der Waals surface area (Å²) >= 11 is 0. The predicted molar refractivity (Wildman–Crippen MR) is 114 cm³/mol. The molecule has 2 aromatic carbocycles. The fourth-order valence-electron chi connectivity index (χ4n) is 3.43. The van der Waals surface area contributed by atoms with Gasteiger partial charge in [-0.15, -0.1) is 0 Å². The normalized spacial score (nSPS) is 15.0. The molecule has 1 aliphatic heterocycles. The van der Waals surface area contributed by atoms with Crippen molar-refractivity contribution >= 4 is 18.0 Å². The van der Waals surface area contributed by atoms with Crippen LogP contribution in [0.3, 0.4) is 0 Å². The molecule has 1 amide bonds. The average Bonchev–Trinajstić information content (AvgIpc) is 3.01. The van der Waals surface area contributed by atoms with E-state index in [4.69, 9.17) is 14.2 Å². The van der Waals surface area contributed by atoms with Gasteiger partial charge >= 0.3 is 5.97 Å². The van der Waals surface area contributed by atoms with Gasteiger partial charge in [0.1, 0.15) is 11.5 Å². The molecule has 0 atom stereocenters. The van der Waals surface area contributed by atoms with E-state index >= 15 is 0 Å². The van der Waals surface area contributed by atoms with Crippen LogP contribution in [-0.4, -0.2) is 44.7 Å². The van der Waals surface area contributed by atoms with E-state index in [0.29, 0.717) is 35.6 Å². The van der Waals surface area contributed by atoms with Gasteiger partial charge in [-0.2, -0.15) is 0 Å². The zero-order valence-electron chi connectivity index (χ0n) is 17.6. The minimum atomic E-state index is -0.526. The lowest BCUT2D eigenvalue weighted by Crippen LogP contribution is -2.27. The molecular weight excluding hydrogens is 382 g/mol. The molecule has 3 rings (SSSR count).